The first-order chi connectivity index (χ1) is 7.74. The molecule has 0 aliphatic heterocycles. The van der Waals surface area contributed by atoms with Gasteiger partial charge in [0.05, 0.1) is 19.2 Å². The van der Waals surface area contributed by atoms with Crippen LogP contribution < -0.4 is 9.47 Å². The number of hydrogen-bond acceptors (Lipinski definition) is 3. The summed E-state index contributed by atoms with van der Waals surface area (Å²) in [5.41, 5.74) is 0.896. The van der Waals surface area contributed by atoms with Crippen molar-refractivity contribution < 1.29 is 9.47 Å². The second kappa shape index (κ2) is 4.70. The highest BCUT2D eigenvalue weighted by molar-refractivity contribution is 9.10. The van der Waals surface area contributed by atoms with E-state index in [1.54, 1.807) is 13.3 Å². The minimum Gasteiger partial charge on any atom is -0.493 e. The first kappa shape index (κ1) is 11.2. The average Bonchev–Trinajstić information content (AvgIpc) is 2.29. The van der Waals surface area contributed by atoms with Gasteiger partial charge in [-0.3, -0.25) is 4.98 Å². The van der Waals surface area contributed by atoms with Crippen LogP contribution in [0.1, 0.15) is 6.92 Å². The molecule has 84 valence electrons. The van der Waals surface area contributed by atoms with Gasteiger partial charge in [-0.25, -0.2) is 0 Å². The van der Waals surface area contributed by atoms with E-state index in [4.69, 9.17) is 9.47 Å². The van der Waals surface area contributed by atoms with Gasteiger partial charge in [0.2, 0.25) is 0 Å². The molecule has 0 saturated carbocycles. The summed E-state index contributed by atoms with van der Waals surface area (Å²) in [6.07, 6.45) is 1.77. The van der Waals surface area contributed by atoms with E-state index in [9.17, 15) is 0 Å². The number of hydrogen-bond donors (Lipinski definition) is 0. The molecular weight excluding hydrogens is 270 g/mol. The maximum absolute atomic E-state index is 5.49. The van der Waals surface area contributed by atoms with Crippen molar-refractivity contribution in [1.29, 1.82) is 0 Å². The Labute approximate surface area is 103 Å². The lowest BCUT2D eigenvalue weighted by Crippen LogP contribution is -1.95. The lowest BCUT2D eigenvalue weighted by molar-refractivity contribution is 0.311. The fraction of sp³-hybridized carbons (Fsp3) is 0.250. The van der Waals surface area contributed by atoms with E-state index in [-0.39, 0.29) is 0 Å². The van der Waals surface area contributed by atoms with Crippen molar-refractivity contribution in [3.8, 4) is 11.5 Å². The van der Waals surface area contributed by atoms with Crippen molar-refractivity contribution >= 4 is 26.8 Å². The van der Waals surface area contributed by atoms with Crippen molar-refractivity contribution in [2.45, 2.75) is 6.92 Å². The predicted octanol–water partition coefficient (Wildman–Crippen LogP) is 3.40. The maximum Gasteiger partial charge on any atom is 0.163 e. The fourth-order valence-corrected chi connectivity index (χ4v) is 1.89. The Kier molecular flexibility index (Phi) is 3.29. The van der Waals surface area contributed by atoms with E-state index >= 15 is 0 Å². The molecule has 0 saturated heterocycles. The zero-order chi connectivity index (χ0) is 11.5. The highest BCUT2D eigenvalue weighted by Crippen LogP contribution is 2.32. The topological polar surface area (TPSA) is 31.4 Å². The summed E-state index contributed by atoms with van der Waals surface area (Å²) in [5.74, 6) is 1.46. The number of benzene rings is 1. The third-order valence-corrected chi connectivity index (χ3v) is 2.67. The largest absolute Gasteiger partial charge is 0.493 e. The summed E-state index contributed by atoms with van der Waals surface area (Å²) in [5, 5.41) is 1.02. The molecule has 0 radical (unpaired) electrons. The number of nitrogens with zero attached hydrogens (tertiary/aromatic N) is 1. The monoisotopic (exact) mass is 281 g/mol. The summed E-state index contributed by atoms with van der Waals surface area (Å²) in [4.78, 5) is 4.32. The third kappa shape index (κ3) is 2.11. The molecule has 0 amide bonds. The van der Waals surface area contributed by atoms with Gasteiger partial charge in [0.1, 0.15) is 0 Å². The summed E-state index contributed by atoms with van der Waals surface area (Å²) >= 11 is 3.39. The Morgan fingerprint density at radius 1 is 1.25 bits per heavy atom. The average molecular weight is 282 g/mol. The minimum atomic E-state index is 0.610. The van der Waals surface area contributed by atoms with E-state index in [0.29, 0.717) is 6.61 Å². The van der Waals surface area contributed by atoms with Crippen molar-refractivity contribution in [1.82, 2.24) is 4.98 Å². The van der Waals surface area contributed by atoms with Crippen molar-refractivity contribution in [3.63, 3.8) is 0 Å². The quantitative estimate of drug-likeness (QED) is 0.864. The molecule has 16 heavy (non-hydrogen) atoms. The molecule has 0 aliphatic rings. The van der Waals surface area contributed by atoms with Crippen LogP contribution in [0.2, 0.25) is 0 Å². The molecule has 0 spiro atoms. The van der Waals surface area contributed by atoms with Crippen molar-refractivity contribution in [2.75, 3.05) is 13.7 Å². The number of halogens is 1. The predicted molar refractivity (Wildman–Crippen MR) is 67.2 cm³/mol. The first-order valence-electron chi connectivity index (χ1n) is 5.00. The summed E-state index contributed by atoms with van der Waals surface area (Å²) in [6.45, 7) is 2.55. The number of fused-ring (bicyclic) bond motifs is 1. The first-order valence-corrected chi connectivity index (χ1v) is 5.80. The smallest absolute Gasteiger partial charge is 0.163 e. The molecule has 0 atom stereocenters. The Morgan fingerprint density at radius 2 is 2.06 bits per heavy atom. The molecule has 1 heterocycles. The standard InChI is InChI=1S/C12H12BrNO2/c1-3-16-12-6-10-8(5-11(12)15-2)4-9(13)7-14-10/h4-7H,3H2,1-2H3. The zero-order valence-electron chi connectivity index (χ0n) is 9.16. The molecule has 4 heteroatoms. The molecule has 0 unspecified atom stereocenters. The van der Waals surface area contributed by atoms with Crippen LogP contribution in [-0.2, 0) is 0 Å². The second-order valence-electron chi connectivity index (χ2n) is 3.28. The van der Waals surface area contributed by atoms with Crippen LogP contribution >= 0.6 is 15.9 Å². The van der Waals surface area contributed by atoms with Crippen LogP contribution in [0.4, 0.5) is 0 Å². The summed E-state index contributed by atoms with van der Waals surface area (Å²) in [7, 11) is 1.63. The maximum atomic E-state index is 5.49. The van der Waals surface area contributed by atoms with Gasteiger partial charge >= 0.3 is 0 Å². The van der Waals surface area contributed by atoms with Crippen molar-refractivity contribution in [2.24, 2.45) is 0 Å². The van der Waals surface area contributed by atoms with Gasteiger partial charge in [-0.1, -0.05) is 0 Å². The van der Waals surface area contributed by atoms with E-state index in [0.717, 1.165) is 26.9 Å². The molecule has 2 aromatic rings. The lowest BCUT2D eigenvalue weighted by atomic mass is 10.2. The van der Waals surface area contributed by atoms with E-state index < -0.39 is 0 Å². The highest BCUT2D eigenvalue weighted by atomic mass is 79.9. The molecule has 1 aromatic heterocycles. The van der Waals surface area contributed by atoms with Crippen LogP contribution in [-0.4, -0.2) is 18.7 Å². The Hall–Kier alpha value is -1.29. The van der Waals surface area contributed by atoms with Gasteiger partial charge in [-0.2, -0.15) is 0 Å². The summed E-state index contributed by atoms with van der Waals surface area (Å²) in [6, 6.07) is 5.82. The van der Waals surface area contributed by atoms with Crippen LogP contribution in [0.15, 0.2) is 28.9 Å². The third-order valence-electron chi connectivity index (χ3n) is 2.23. The minimum absolute atomic E-state index is 0.610. The van der Waals surface area contributed by atoms with Crippen molar-refractivity contribution in [3.05, 3.63) is 28.9 Å². The molecule has 0 aliphatic carbocycles. The lowest BCUT2D eigenvalue weighted by Gasteiger charge is -2.10. The van der Waals surface area contributed by atoms with Crippen LogP contribution in [0.5, 0.6) is 11.5 Å². The highest BCUT2D eigenvalue weighted by Gasteiger charge is 2.07. The van der Waals surface area contributed by atoms with Gasteiger partial charge in [0.15, 0.2) is 11.5 Å². The van der Waals surface area contributed by atoms with Crippen LogP contribution in [0.25, 0.3) is 10.9 Å². The van der Waals surface area contributed by atoms with Gasteiger partial charge in [-0.05, 0) is 35.0 Å². The number of aromatic nitrogens is 1. The molecule has 1 aromatic carbocycles. The normalized spacial score (nSPS) is 10.4. The summed E-state index contributed by atoms with van der Waals surface area (Å²) < 4.78 is 11.7. The molecule has 3 nitrogen and oxygen atoms in total. The molecular formula is C12H12BrNO2. The Balaban J connectivity index is 2.60. The fourth-order valence-electron chi connectivity index (χ4n) is 1.54. The van der Waals surface area contributed by atoms with E-state index in [2.05, 4.69) is 20.9 Å². The second-order valence-corrected chi connectivity index (χ2v) is 4.20. The molecule has 0 N–H and O–H groups in total. The molecule has 0 bridgehead atoms. The Morgan fingerprint density at radius 3 is 2.75 bits per heavy atom. The van der Waals surface area contributed by atoms with Gasteiger partial charge < -0.3 is 9.47 Å². The SMILES string of the molecule is CCOc1cc2ncc(Br)cc2cc1OC. The van der Waals surface area contributed by atoms with Gasteiger partial charge in [-0.15, -0.1) is 0 Å². The van der Waals surface area contributed by atoms with Gasteiger partial charge in [0, 0.05) is 22.1 Å². The number of rotatable bonds is 3. The van der Waals surface area contributed by atoms with E-state index in [1.165, 1.54) is 0 Å². The number of pyridine rings is 1. The number of ether oxygens (including phenoxy) is 2. The van der Waals surface area contributed by atoms with Crippen LogP contribution in [0.3, 0.4) is 0 Å². The zero-order valence-corrected chi connectivity index (χ0v) is 10.7. The molecule has 2 rings (SSSR count). The Bertz CT molecular complexity index is 514. The van der Waals surface area contributed by atoms with Crippen LogP contribution in [0, 0.1) is 0 Å². The van der Waals surface area contributed by atoms with E-state index in [1.807, 2.05) is 25.1 Å². The molecule has 0 fully saturated rings. The number of methoxy groups -OCH3 is 1. The van der Waals surface area contributed by atoms with Gasteiger partial charge in [0.25, 0.3) is 0 Å².